The van der Waals surface area contributed by atoms with Crippen LogP contribution in [0.3, 0.4) is 0 Å². The third-order valence-electron chi connectivity index (χ3n) is 3.78. The predicted octanol–water partition coefficient (Wildman–Crippen LogP) is 5.54. The van der Waals surface area contributed by atoms with Crippen LogP contribution in [0.4, 0.5) is 10.1 Å². The number of halogens is 1. The molecule has 0 saturated heterocycles. The number of anilines is 1. The summed E-state index contributed by atoms with van der Waals surface area (Å²) in [6, 6.07) is 21.4. The van der Waals surface area contributed by atoms with Crippen molar-refractivity contribution in [3.05, 3.63) is 78.1 Å². The first-order valence-corrected chi connectivity index (χ1v) is 7.27. The first-order valence-electron chi connectivity index (χ1n) is 7.27. The topological polar surface area (TPSA) is 12.0 Å². The minimum Gasteiger partial charge on any atom is -0.378 e. The summed E-state index contributed by atoms with van der Waals surface area (Å²) >= 11 is 0. The summed E-state index contributed by atoms with van der Waals surface area (Å²) in [6.07, 6.45) is 0.827. The van der Waals surface area contributed by atoms with E-state index in [0.29, 0.717) is 5.56 Å². The van der Waals surface area contributed by atoms with Crippen LogP contribution in [0.1, 0.15) is 24.9 Å². The van der Waals surface area contributed by atoms with Gasteiger partial charge >= 0.3 is 0 Å². The van der Waals surface area contributed by atoms with E-state index in [1.165, 1.54) is 16.8 Å². The fraction of sp³-hybridized carbons (Fsp3) is 0.158. The van der Waals surface area contributed by atoms with E-state index in [0.717, 1.165) is 12.1 Å². The van der Waals surface area contributed by atoms with Gasteiger partial charge in [-0.25, -0.2) is 4.39 Å². The molecule has 1 N–H and O–H groups in total. The van der Waals surface area contributed by atoms with Gasteiger partial charge in [0.1, 0.15) is 5.82 Å². The van der Waals surface area contributed by atoms with Gasteiger partial charge in [0.15, 0.2) is 0 Å². The zero-order chi connectivity index (χ0) is 14.7. The maximum atomic E-state index is 13.9. The summed E-state index contributed by atoms with van der Waals surface area (Å²) in [4.78, 5) is 0. The lowest BCUT2D eigenvalue weighted by Crippen LogP contribution is -2.11. The maximum absolute atomic E-state index is 13.9. The third-order valence-corrected chi connectivity index (χ3v) is 3.78. The van der Waals surface area contributed by atoms with Gasteiger partial charge in [-0.1, -0.05) is 55.5 Å². The molecule has 1 unspecified atom stereocenters. The molecule has 0 amide bonds. The largest absolute Gasteiger partial charge is 0.378 e. The molecule has 0 fully saturated rings. The van der Waals surface area contributed by atoms with E-state index in [1.54, 1.807) is 6.07 Å². The zero-order valence-electron chi connectivity index (χ0n) is 12.0. The number of benzene rings is 3. The summed E-state index contributed by atoms with van der Waals surface area (Å²) in [5.74, 6) is -0.155. The Morgan fingerprint density at radius 3 is 2.38 bits per heavy atom. The van der Waals surface area contributed by atoms with Crippen molar-refractivity contribution in [2.45, 2.75) is 19.4 Å². The molecule has 0 aliphatic heterocycles. The third kappa shape index (κ3) is 2.89. The Labute approximate surface area is 124 Å². The summed E-state index contributed by atoms with van der Waals surface area (Å²) in [5, 5.41) is 5.83. The predicted molar refractivity (Wildman–Crippen MR) is 87.0 cm³/mol. The highest BCUT2D eigenvalue weighted by molar-refractivity contribution is 5.85. The average Bonchev–Trinajstić information content (AvgIpc) is 2.53. The minimum atomic E-state index is -0.155. The molecule has 0 saturated carbocycles. The minimum absolute atomic E-state index is 0.0210. The van der Waals surface area contributed by atoms with Gasteiger partial charge in [0.2, 0.25) is 0 Å². The van der Waals surface area contributed by atoms with Crippen molar-refractivity contribution < 1.29 is 4.39 Å². The van der Waals surface area contributed by atoms with Crippen LogP contribution >= 0.6 is 0 Å². The van der Waals surface area contributed by atoms with Crippen molar-refractivity contribution in [1.82, 2.24) is 0 Å². The maximum Gasteiger partial charge on any atom is 0.128 e. The monoisotopic (exact) mass is 279 g/mol. The van der Waals surface area contributed by atoms with E-state index < -0.39 is 0 Å². The van der Waals surface area contributed by atoms with E-state index in [1.807, 2.05) is 30.3 Å². The molecule has 1 atom stereocenters. The summed E-state index contributed by atoms with van der Waals surface area (Å²) in [6.45, 7) is 2.06. The second kappa shape index (κ2) is 5.96. The van der Waals surface area contributed by atoms with Gasteiger partial charge in [-0.15, -0.1) is 0 Å². The van der Waals surface area contributed by atoms with Crippen LogP contribution in [0, 0.1) is 5.82 Å². The van der Waals surface area contributed by atoms with E-state index in [-0.39, 0.29) is 11.9 Å². The van der Waals surface area contributed by atoms with Crippen molar-refractivity contribution in [1.29, 1.82) is 0 Å². The Balaban J connectivity index is 1.90. The fourth-order valence-electron chi connectivity index (χ4n) is 2.64. The molecule has 3 rings (SSSR count). The molecule has 0 radical (unpaired) electrons. The van der Waals surface area contributed by atoms with Gasteiger partial charge in [-0.2, -0.15) is 0 Å². The van der Waals surface area contributed by atoms with Crippen molar-refractivity contribution in [3.8, 4) is 0 Å². The lowest BCUT2D eigenvalue weighted by Gasteiger charge is -2.19. The highest BCUT2D eigenvalue weighted by atomic mass is 19.1. The van der Waals surface area contributed by atoms with Crippen LogP contribution < -0.4 is 5.32 Å². The number of hydrogen-bond acceptors (Lipinski definition) is 1. The van der Waals surface area contributed by atoms with Gasteiger partial charge in [-0.3, -0.25) is 0 Å². The molecule has 0 bridgehead atoms. The molecular weight excluding hydrogens is 261 g/mol. The van der Waals surface area contributed by atoms with Gasteiger partial charge in [0.05, 0.1) is 6.04 Å². The van der Waals surface area contributed by atoms with Crippen LogP contribution in [-0.4, -0.2) is 0 Å². The van der Waals surface area contributed by atoms with Crippen molar-refractivity contribution in [3.63, 3.8) is 0 Å². The van der Waals surface area contributed by atoms with Crippen molar-refractivity contribution in [2.75, 3.05) is 5.32 Å². The van der Waals surface area contributed by atoms with E-state index in [9.17, 15) is 4.39 Å². The van der Waals surface area contributed by atoms with Crippen LogP contribution in [-0.2, 0) is 0 Å². The number of hydrogen-bond donors (Lipinski definition) is 1. The lowest BCUT2D eigenvalue weighted by molar-refractivity contribution is 0.587. The summed E-state index contributed by atoms with van der Waals surface area (Å²) < 4.78 is 13.9. The zero-order valence-corrected chi connectivity index (χ0v) is 12.0. The fourth-order valence-corrected chi connectivity index (χ4v) is 2.64. The molecule has 3 aromatic rings. The molecule has 0 aliphatic carbocycles. The Morgan fingerprint density at radius 2 is 1.62 bits per heavy atom. The molecule has 106 valence electrons. The van der Waals surface area contributed by atoms with Gasteiger partial charge in [0.25, 0.3) is 0 Å². The normalized spacial score (nSPS) is 12.3. The van der Waals surface area contributed by atoms with E-state index in [2.05, 4.69) is 36.5 Å². The standard InChI is InChI=1S/C19H18FN/c1-2-19(17-9-5-6-10-18(17)20)21-16-12-11-14-7-3-4-8-15(14)13-16/h3-13,19,21H,2H2,1H3. The number of fused-ring (bicyclic) bond motifs is 1. The average molecular weight is 279 g/mol. The summed E-state index contributed by atoms with van der Waals surface area (Å²) in [7, 11) is 0. The molecule has 3 aromatic carbocycles. The Bertz CT molecular complexity index is 751. The van der Waals surface area contributed by atoms with Gasteiger partial charge in [-0.05, 0) is 35.4 Å². The second-order valence-electron chi connectivity index (χ2n) is 5.19. The quantitative estimate of drug-likeness (QED) is 0.661. The number of nitrogens with one attached hydrogen (secondary N) is 1. The highest BCUT2D eigenvalue weighted by Gasteiger charge is 2.13. The van der Waals surface area contributed by atoms with E-state index in [4.69, 9.17) is 0 Å². The van der Waals surface area contributed by atoms with Crippen LogP contribution in [0.15, 0.2) is 66.7 Å². The van der Waals surface area contributed by atoms with Crippen molar-refractivity contribution in [2.24, 2.45) is 0 Å². The second-order valence-corrected chi connectivity index (χ2v) is 5.19. The molecule has 21 heavy (non-hydrogen) atoms. The molecule has 0 heterocycles. The van der Waals surface area contributed by atoms with Gasteiger partial charge < -0.3 is 5.32 Å². The molecular formula is C19H18FN. The highest BCUT2D eigenvalue weighted by Crippen LogP contribution is 2.26. The van der Waals surface area contributed by atoms with Gasteiger partial charge in [0, 0.05) is 11.3 Å². The molecule has 2 heteroatoms. The number of rotatable bonds is 4. The molecule has 0 spiro atoms. The Hall–Kier alpha value is -2.35. The Kier molecular flexibility index (Phi) is 3.87. The lowest BCUT2D eigenvalue weighted by atomic mass is 10.0. The van der Waals surface area contributed by atoms with Crippen LogP contribution in [0.2, 0.25) is 0 Å². The first-order chi connectivity index (χ1) is 10.3. The smallest absolute Gasteiger partial charge is 0.128 e. The van der Waals surface area contributed by atoms with E-state index >= 15 is 0 Å². The van der Waals surface area contributed by atoms with Crippen LogP contribution in [0.5, 0.6) is 0 Å². The van der Waals surface area contributed by atoms with Crippen LogP contribution in [0.25, 0.3) is 10.8 Å². The molecule has 1 nitrogen and oxygen atoms in total. The molecule has 0 aromatic heterocycles. The van der Waals surface area contributed by atoms with Crippen molar-refractivity contribution >= 4 is 16.5 Å². The summed E-state index contributed by atoms with van der Waals surface area (Å²) in [5.41, 5.74) is 1.73. The first kappa shape index (κ1) is 13.6. The molecule has 0 aliphatic rings. The SMILES string of the molecule is CCC(Nc1ccc2ccccc2c1)c1ccccc1F. The Morgan fingerprint density at radius 1 is 0.905 bits per heavy atom.